The average Bonchev–Trinajstić information content (AvgIpc) is 2.75. The van der Waals surface area contributed by atoms with Gasteiger partial charge in [-0.15, -0.1) is 0 Å². The van der Waals surface area contributed by atoms with Crippen molar-refractivity contribution in [3.63, 3.8) is 0 Å². The molecule has 3 aliphatic rings. The van der Waals surface area contributed by atoms with Crippen molar-refractivity contribution in [3.8, 4) is 5.75 Å². The summed E-state index contributed by atoms with van der Waals surface area (Å²) < 4.78 is 10.8. The third-order valence-electron chi connectivity index (χ3n) is 6.46. The van der Waals surface area contributed by atoms with E-state index >= 15 is 0 Å². The fraction of sp³-hybridized carbons (Fsp3) is 0.682. The highest BCUT2D eigenvalue weighted by Gasteiger charge is 2.37. The van der Waals surface area contributed by atoms with Crippen LogP contribution < -0.4 is 4.74 Å². The lowest BCUT2D eigenvalue weighted by molar-refractivity contribution is -0.145. The van der Waals surface area contributed by atoms with Crippen LogP contribution in [0, 0.1) is 0 Å². The maximum absolute atomic E-state index is 13.2. The van der Waals surface area contributed by atoms with E-state index in [1.807, 2.05) is 6.07 Å². The molecule has 6 nitrogen and oxygen atoms in total. The van der Waals surface area contributed by atoms with Gasteiger partial charge in [0.25, 0.3) is 0 Å². The van der Waals surface area contributed by atoms with E-state index in [2.05, 4.69) is 32.9 Å². The molecule has 154 valence electrons. The fourth-order valence-electron chi connectivity index (χ4n) is 4.84. The van der Waals surface area contributed by atoms with Gasteiger partial charge in [0, 0.05) is 58.5 Å². The summed E-state index contributed by atoms with van der Waals surface area (Å²) in [6.45, 7) is 7.43. The Morgan fingerprint density at radius 1 is 1.07 bits per heavy atom. The van der Waals surface area contributed by atoms with Crippen LogP contribution in [0.5, 0.6) is 5.75 Å². The summed E-state index contributed by atoms with van der Waals surface area (Å²) >= 11 is 0. The Kier molecular flexibility index (Phi) is 6.50. The van der Waals surface area contributed by atoms with E-state index in [4.69, 9.17) is 9.47 Å². The summed E-state index contributed by atoms with van der Waals surface area (Å²) in [6.07, 6.45) is 4.12. The van der Waals surface area contributed by atoms with Gasteiger partial charge < -0.3 is 14.4 Å². The number of rotatable bonds is 5. The molecule has 1 aromatic carbocycles. The first-order valence-electron chi connectivity index (χ1n) is 10.7. The van der Waals surface area contributed by atoms with E-state index in [-0.39, 0.29) is 6.04 Å². The molecule has 3 heterocycles. The van der Waals surface area contributed by atoms with Crippen LogP contribution in [0.1, 0.15) is 31.2 Å². The minimum Gasteiger partial charge on any atom is -0.497 e. The summed E-state index contributed by atoms with van der Waals surface area (Å²) in [5, 5.41) is 0. The molecule has 1 aromatic rings. The molecule has 3 aliphatic heterocycles. The molecular weight excluding hydrogens is 354 g/mol. The standard InChI is InChI=1S/C22H33N3O3/c1-27-20-5-2-4-18(16-20)17-23-10-12-24(13-11-23)21-6-3-9-25(22(21)26)19-7-14-28-15-8-19/h2,4-5,16,19,21H,3,6-15,17H2,1H3/t21-/m1/s1. The molecule has 1 atom stereocenters. The SMILES string of the molecule is COc1cccc(CN2CCN([C@@H]3CCCN(C4CCOCC4)C3=O)CC2)c1. The zero-order valence-corrected chi connectivity index (χ0v) is 17.0. The largest absolute Gasteiger partial charge is 0.497 e. The Balaban J connectivity index is 1.30. The minimum absolute atomic E-state index is 0.0792. The molecule has 0 unspecified atom stereocenters. The number of methoxy groups -OCH3 is 1. The summed E-state index contributed by atoms with van der Waals surface area (Å²) in [5.74, 6) is 1.27. The number of nitrogens with zero attached hydrogens (tertiary/aromatic N) is 3. The molecule has 0 radical (unpaired) electrons. The van der Waals surface area contributed by atoms with Gasteiger partial charge in [-0.2, -0.15) is 0 Å². The van der Waals surface area contributed by atoms with Crippen molar-refractivity contribution in [1.82, 2.24) is 14.7 Å². The monoisotopic (exact) mass is 387 g/mol. The topological polar surface area (TPSA) is 45.2 Å². The van der Waals surface area contributed by atoms with E-state index in [0.717, 1.165) is 83.9 Å². The van der Waals surface area contributed by atoms with Crippen molar-refractivity contribution < 1.29 is 14.3 Å². The summed E-state index contributed by atoms with van der Waals surface area (Å²) in [4.78, 5) is 20.3. The van der Waals surface area contributed by atoms with Gasteiger partial charge in [-0.25, -0.2) is 0 Å². The molecular formula is C22H33N3O3. The Labute approximate surface area is 168 Å². The first-order chi connectivity index (χ1) is 13.7. The number of amides is 1. The second-order valence-corrected chi connectivity index (χ2v) is 8.20. The van der Waals surface area contributed by atoms with Crippen LogP contribution >= 0.6 is 0 Å². The van der Waals surface area contributed by atoms with E-state index in [1.54, 1.807) is 7.11 Å². The van der Waals surface area contributed by atoms with Gasteiger partial charge in [0.1, 0.15) is 5.75 Å². The molecule has 0 saturated carbocycles. The van der Waals surface area contributed by atoms with Crippen LogP contribution in [0.4, 0.5) is 0 Å². The van der Waals surface area contributed by atoms with Gasteiger partial charge in [-0.05, 0) is 43.4 Å². The molecule has 0 spiro atoms. The minimum atomic E-state index is 0.0792. The van der Waals surface area contributed by atoms with Crippen molar-refractivity contribution in [3.05, 3.63) is 29.8 Å². The van der Waals surface area contributed by atoms with Crippen LogP contribution in [0.3, 0.4) is 0 Å². The lowest BCUT2D eigenvalue weighted by Crippen LogP contribution is -2.59. The number of carbonyl (C=O) groups is 1. The zero-order valence-electron chi connectivity index (χ0n) is 17.0. The van der Waals surface area contributed by atoms with E-state index in [9.17, 15) is 4.79 Å². The first-order valence-corrected chi connectivity index (χ1v) is 10.7. The van der Waals surface area contributed by atoms with E-state index in [0.29, 0.717) is 11.9 Å². The predicted molar refractivity (Wildman–Crippen MR) is 108 cm³/mol. The van der Waals surface area contributed by atoms with Gasteiger partial charge in [-0.1, -0.05) is 12.1 Å². The molecule has 3 fully saturated rings. The van der Waals surface area contributed by atoms with E-state index < -0.39 is 0 Å². The Morgan fingerprint density at radius 2 is 1.86 bits per heavy atom. The number of piperidine rings is 1. The molecule has 0 N–H and O–H groups in total. The highest BCUT2D eigenvalue weighted by atomic mass is 16.5. The van der Waals surface area contributed by atoms with Crippen LogP contribution in [0.25, 0.3) is 0 Å². The second kappa shape index (κ2) is 9.25. The number of piperazine rings is 1. The highest BCUT2D eigenvalue weighted by Crippen LogP contribution is 2.25. The number of hydrogen-bond donors (Lipinski definition) is 0. The highest BCUT2D eigenvalue weighted by molar-refractivity contribution is 5.83. The third kappa shape index (κ3) is 4.50. The van der Waals surface area contributed by atoms with Gasteiger partial charge in [0.2, 0.25) is 5.91 Å². The van der Waals surface area contributed by atoms with Crippen molar-refractivity contribution in [2.45, 2.75) is 44.3 Å². The Hall–Kier alpha value is -1.63. The maximum atomic E-state index is 13.2. The molecule has 3 saturated heterocycles. The molecule has 0 bridgehead atoms. The molecule has 6 heteroatoms. The number of ether oxygens (including phenoxy) is 2. The van der Waals surface area contributed by atoms with Gasteiger partial charge in [0.05, 0.1) is 13.2 Å². The Morgan fingerprint density at radius 3 is 2.61 bits per heavy atom. The normalized spacial score (nSPS) is 25.8. The Bertz CT molecular complexity index is 654. The quantitative estimate of drug-likeness (QED) is 0.773. The smallest absolute Gasteiger partial charge is 0.240 e. The fourth-order valence-corrected chi connectivity index (χ4v) is 4.84. The second-order valence-electron chi connectivity index (χ2n) is 8.20. The summed E-state index contributed by atoms with van der Waals surface area (Å²) in [5.41, 5.74) is 1.28. The van der Waals surface area contributed by atoms with Crippen molar-refractivity contribution in [1.29, 1.82) is 0 Å². The van der Waals surface area contributed by atoms with Crippen LogP contribution in [-0.2, 0) is 16.1 Å². The predicted octanol–water partition coefficient (Wildman–Crippen LogP) is 1.98. The van der Waals surface area contributed by atoms with Gasteiger partial charge in [-0.3, -0.25) is 14.6 Å². The lowest BCUT2D eigenvalue weighted by Gasteiger charge is -2.45. The van der Waals surface area contributed by atoms with Crippen LogP contribution in [0.15, 0.2) is 24.3 Å². The van der Waals surface area contributed by atoms with Crippen LogP contribution in [0.2, 0.25) is 0 Å². The molecule has 28 heavy (non-hydrogen) atoms. The third-order valence-corrected chi connectivity index (χ3v) is 6.46. The summed E-state index contributed by atoms with van der Waals surface area (Å²) in [7, 11) is 1.71. The lowest BCUT2D eigenvalue weighted by atomic mass is 9.97. The number of hydrogen-bond acceptors (Lipinski definition) is 5. The number of likely N-dealkylation sites (tertiary alicyclic amines) is 1. The van der Waals surface area contributed by atoms with E-state index in [1.165, 1.54) is 5.56 Å². The molecule has 0 aromatic heterocycles. The van der Waals surface area contributed by atoms with Gasteiger partial charge in [0.15, 0.2) is 0 Å². The molecule has 0 aliphatic carbocycles. The van der Waals surface area contributed by atoms with Crippen molar-refractivity contribution in [2.75, 3.05) is 53.0 Å². The number of benzene rings is 1. The van der Waals surface area contributed by atoms with Gasteiger partial charge >= 0.3 is 0 Å². The molecule has 1 amide bonds. The maximum Gasteiger partial charge on any atom is 0.240 e. The van der Waals surface area contributed by atoms with Crippen LogP contribution in [-0.4, -0.2) is 85.7 Å². The molecule has 4 rings (SSSR count). The average molecular weight is 388 g/mol. The number of carbonyl (C=O) groups excluding carboxylic acids is 1. The van der Waals surface area contributed by atoms with Crippen molar-refractivity contribution >= 4 is 5.91 Å². The first kappa shape index (κ1) is 19.7. The van der Waals surface area contributed by atoms with Crippen molar-refractivity contribution in [2.24, 2.45) is 0 Å². The zero-order chi connectivity index (χ0) is 19.3. The summed E-state index contributed by atoms with van der Waals surface area (Å²) in [6, 6.07) is 8.78.